The lowest BCUT2D eigenvalue weighted by molar-refractivity contribution is -0.116. The quantitative estimate of drug-likeness (QED) is 0.819. The standard InChI is InChI=1S/C18H28N2O3S/c1-3-15-9-11-16(12-10-15)19-18(21)13-14-20(24(2,22)23)17-7-5-4-6-8-17/h9-12,17H,3-8,13-14H2,1-2H3,(H,19,21). The molecule has 1 aliphatic carbocycles. The molecule has 0 atom stereocenters. The number of hydrogen-bond donors (Lipinski definition) is 1. The minimum absolute atomic E-state index is 0.0467. The van der Waals surface area contributed by atoms with Gasteiger partial charge in [0, 0.05) is 24.7 Å². The van der Waals surface area contributed by atoms with E-state index in [9.17, 15) is 13.2 Å². The van der Waals surface area contributed by atoms with Gasteiger partial charge in [-0.2, -0.15) is 4.31 Å². The van der Waals surface area contributed by atoms with Crippen LogP contribution in [-0.2, 0) is 21.2 Å². The molecule has 0 bridgehead atoms. The number of amides is 1. The van der Waals surface area contributed by atoms with Gasteiger partial charge < -0.3 is 5.32 Å². The summed E-state index contributed by atoms with van der Waals surface area (Å²) in [7, 11) is -3.29. The maximum Gasteiger partial charge on any atom is 0.225 e. The summed E-state index contributed by atoms with van der Waals surface area (Å²) in [5.41, 5.74) is 1.97. The molecule has 6 heteroatoms. The predicted octanol–water partition coefficient (Wildman–Crippen LogP) is 3.17. The third kappa shape index (κ3) is 5.60. The Labute approximate surface area is 145 Å². The van der Waals surface area contributed by atoms with Crippen LogP contribution in [0.4, 0.5) is 5.69 Å². The Morgan fingerprint density at radius 1 is 1.17 bits per heavy atom. The molecular formula is C18H28N2O3S. The van der Waals surface area contributed by atoms with Crippen LogP contribution in [0.5, 0.6) is 0 Å². The molecule has 0 spiro atoms. The van der Waals surface area contributed by atoms with Crippen LogP contribution in [0, 0.1) is 0 Å². The molecule has 1 N–H and O–H groups in total. The molecule has 134 valence electrons. The molecule has 0 saturated heterocycles. The van der Waals surface area contributed by atoms with E-state index in [1.54, 1.807) is 0 Å². The molecule has 1 aromatic carbocycles. The van der Waals surface area contributed by atoms with Gasteiger partial charge in [0.25, 0.3) is 0 Å². The lowest BCUT2D eigenvalue weighted by atomic mass is 9.95. The Morgan fingerprint density at radius 3 is 2.33 bits per heavy atom. The van der Waals surface area contributed by atoms with Crippen molar-refractivity contribution in [2.45, 2.75) is 57.9 Å². The van der Waals surface area contributed by atoms with Crippen LogP contribution in [0.2, 0.25) is 0 Å². The first-order valence-corrected chi connectivity index (χ1v) is 10.6. The van der Waals surface area contributed by atoms with Crippen LogP contribution in [0.25, 0.3) is 0 Å². The first-order chi connectivity index (χ1) is 11.4. The molecule has 24 heavy (non-hydrogen) atoms. The van der Waals surface area contributed by atoms with Gasteiger partial charge in [-0.25, -0.2) is 8.42 Å². The molecule has 0 aliphatic heterocycles. The smallest absolute Gasteiger partial charge is 0.225 e. The SMILES string of the molecule is CCc1ccc(NC(=O)CCN(C2CCCCC2)S(C)(=O)=O)cc1. The summed E-state index contributed by atoms with van der Waals surface area (Å²) in [5, 5.41) is 2.84. The number of carbonyl (C=O) groups excluding carboxylic acids is 1. The van der Waals surface area contributed by atoms with Crippen LogP contribution in [-0.4, -0.2) is 37.5 Å². The van der Waals surface area contributed by atoms with E-state index in [2.05, 4.69) is 12.2 Å². The van der Waals surface area contributed by atoms with E-state index in [1.807, 2.05) is 24.3 Å². The van der Waals surface area contributed by atoms with Crippen LogP contribution in [0.1, 0.15) is 51.0 Å². The second-order valence-electron chi connectivity index (χ2n) is 6.51. The number of rotatable bonds is 7. The number of hydrogen-bond acceptors (Lipinski definition) is 3. The van der Waals surface area contributed by atoms with Gasteiger partial charge in [0.05, 0.1) is 6.26 Å². The maximum atomic E-state index is 12.1. The number of benzene rings is 1. The summed E-state index contributed by atoms with van der Waals surface area (Å²) in [5.74, 6) is -0.149. The van der Waals surface area contributed by atoms with E-state index in [4.69, 9.17) is 0 Å². The van der Waals surface area contributed by atoms with Crippen molar-refractivity contribution in [3.05, 3.63) is 29.8 Å². The molecule has 1 aromatic rings. The van der Waals surface area contributed by atoms with Crippen molar-refractivity contribution in [1.82, 2.24) is 4.31 Å². The molecule has 0 radical (unpaired) electrons. The first kappa shape index (κ1) is 18.9. The third-order valence-corrected chi connectivity index (χ3v) is 5.95. The molecule has 5 nitrogen and oxygen atoms in total. The van der Waals surface area contributed by atoms with Crippen LogP contribution in [0.15, 0.2) is 24.3 Å². The molecule has 1 fully saturated rings. The summed E-state index contributed by atoms with van der Waals surface area (Å²) in [4.78, 5) is 12.1. The second kappa shape index (κ2) is 8.62. The normalized spacial score (nSPS) is 16.3. The summed E-state index contributed by atoms with van der Waals surface area (Å²) in [6, 6.07) is 7.78. The minimum Gasteiger partial charge on any atom is -0.326 e. The zero-order valence-corrected chi connectivity index (χ0v) is 15.4. The first-order valence-electron chi connectivity index (χ1n) is 8.75. The van der Waals surface area contributed by atoms with Gasteiger partial charge in [-0.05, 0) is 37.0 Å². The van der Waals surface area contributed by atoms with Crippen LogP contribution >= 0.6 is 0 Å². The van der Waals surface area contributed by atoms with E-state index in [1.165, 1.54) is 22.5 Å². The van der Waals surface area contributed by atoms with Gasteiger partial charge in [-0.15, -0.1) is 0 Å². The van der Waals surface area contributed by atoms with E-state index in [-0.39, 0.29) is 24.9 Å². The Bertz CT molecular complexity index is 635. The molecule has 0 aromatic heterocycles. The highest BCUT2D eigenvalue weighted by atomic mass is 32.2. The van der Waals surface area contributed by atoms with Crippen LogP contribution in [0.3, 0.4) is 0 Å². The van der Waals surface area contributed by atoms with Crippen molar-refractivity contribution in [1.29, 1.82) is 0 Å². The van der Waals surface area contributed by atoms with E-state index < -0.39 is 10.0 Å². The van der Waals surface area contributed by atoms with Crippen molar-refractivity contribution in [2.75, 3.05) is 18.1 Å². The van der Waals surface area contributed by atoms with Gasteiger partial charge in [0.2, 0.25) is 15.9 Å². The van der Waals surface area contributed by atoms with Gasteiger partial charge in [0.15, 0.2) is 0 Å². The zero-order valence-electron chi connectivity index (χ0n) is 14.6. The fraction of sp³-hybridized carbons (Fsp3) is 0.611. The molecular weight excluding hydrogens is 324 g/mol. The van der Waals surface area contributed by atoms with Crippen molar-refractivity contribution in [2.24, 2.45) is 0 Å². The third-order valence-electron chi connectivity index (χ3n) is 4.61. The van der Waals surface area contributed by atoms with Gasteiger partial charge in [-0.1, -0.05) is 38.3 Å². The molecule has 1 aliphatic rings. The van der Waals surface area contributed by atoms with Crippen LogP contribution < -0.4 is 5.32 Å². The number of anilines is 1. The Kier molecular flexibility index (Phi) is 6.80. The monoisotopic (exact) mass is 352 g/mol. The number of nitrogens with one attached hydrogen (secondary N) is 1. The molecule has 1 amide bonds. The molecule has 1 saturated carbocycles. The number of sulfonamides is 1. The summed E-state index contributed by atoms with van der Waals surface area (Å²) < 4.78 is 25.7. The number of aryl methyl sites for hydroxylation is 1. The predicted molar refractivity (Wildman–Crippen MR) is 97.5 cm³/mol. The lowest BCUT2D eigenvalue weighted by Gasteiger charge is -2.32. The Morgan fingerprint density at radius 2 is 1.79 bits per heavy atom. The van der Waals surface area contributed by atoms with Crippen molar-refractivity contribution < 1.29 is 13.2 Å². The van der Waals surface area contributed by atoms with Crippen molar-refractivity contribution >= 4 is 21.6 Å². The highest BCUT2D eigenvalue weighted by Gasteiger charge is 2.28. The zero-order chi connectivity index (χ0) is 17.6. The molecule has 0 unspecified atom stereocenters. The summed E-state index contributed by atoms with van der Waals surface area (Å²) in [6.45, 7) is 2.33. The molecule has 0 heterocycles. The van der Waals surface area contributed by atoms with E-state index >= 15 is 0 Å². The fourth-order valence-corrected chi connectivity index (χ4v) is 4.42. The van der Waals surface area contributed by atoms with Crippen molar-refractivity contribution in [3.63, 3.8) is 0 Å². The van der Waals surface area contributed by atoms with Gasteiger partial charge in [-0.3, -0.25) is 4.79 Å². The molecule has 2 rings (SSSR count). The number of carbonyl (C=O) groups is 1. The van der Waals surface area contributed by atoms with E-state index in [0.717, 1.165) is 37.8 Å². The summed E-state index contributed by atoms with van der Waals surface area (Å²) >= 11 is 0. The Hall–Kier alpha value is -1.40. The average Bonchev–Trinajstić information content (AvgIpc) is 2.55. The fourth-order valence-electron chi connectivity index (χ4n) is 3.25. The summed E-state index contributed by atoms with van der Waals surface area (Å²) in [6.07, 6.45) is 7.46. The highest BCUT2D eigenvalue weighted by molar-refractivity contribution is 7.88. The average molecular weight is 352 g/mol. The Balaban J connectivity index is 1.91. The second-order valence-corrected chi connectivity index (χ2v) is 8.45. The lowest BCUT2D eigenvalue weighted by Crippen LogP contribution is -2.42. The minimum atomic E-state index is -3.29. The van der Waals surface area contributed by atoms with Gasteiger partial charge >= 0.3 is 0 Å². The topological polar surface area (TPSA) is 66.5 Å². The maximum absolute atomic E-state index is 12.1. The van der Waals surface area contributed by atoms with Gasteiger partial charge in [0.1, 0.15) is 0 Å². The highest BCUT2D eigenvalue weighted by Crippen LogP contribution is 2.24. The number of nitrogens with zero attached hydrogens (tertiary/aromatic N) is 1. The largest absolute Gasteiger partial charge is 0.326 e. The van der Waals surface area contributed by atoms with E-state index in [0.29, 0.717) is 0 Å². The van der Waals surface area contributed by atoms with Crippen molar-refractivity contribution in [3.8, 4) is 0 Å².